The molecule has 1 N–H and O–H groups in total. The van der Waals surface area contributed by atoms with Crippen molar-refractivity contribution in [1.82, 2.24) is 10.2 Å². The van der Waals surface area contributed by atoms with Crippen molar-refractivity contribution in [1.29, 1.82) is 0 Å². The van der Waals surface area contributed by atoms with E-state index in [1.54, 1.807) is 24.3 Å². The summed E-state index contributed by atoms with van der Waals surface area (Å²) >= 11 is 0. The van der Waals surface area contributed by atoms with Gasteiger partial charge in [0.05, 0.1) is 11.9 Å². The van der Waals surface area contributed by atoms with Gasteiger partial charge in [-0.15, -0.1) is 0 Å². The normalized spacial score (nSPS) is 11.8. The highest BCUT2D eigenvalue weighted by Crippen LogP contribution is 2.26. The number of sulfonamides is 1. The Hall–Kier alpha value is -4.63. The highest BCUT2D eigenvalue weighted by Gasteiger charge is 2.33. The number of nitrogens with one attached hydrogen (secondary N) is 1. The Balaban J connectivity index is 1.66. The van der Waals surface area contributed by atoms with Crippen LogP contribution in [0.4, 0.5) is 5.69 Å². The SMILES string of the molecule is CCCNC(=O)C(Cc1ccccc1)N(Cc1ccc(C)cc1)C(=O)CN(c1ccc(Oc2ccccc2)cc1)S(C)(=O)=O. The standard InChI is InChI=1S/C35H39N3O5S/c1-4-23-36-35(40)33(24-28-11-7-5-8-12-28)37(25-29-17-15-27(2)16-18-29)34(39)26-38(44(3,41)42)30-19-21-32(22-20-30)43-31-13-9-6-10-14-31/h5-22,33H,4,23-26H2,1-3H3,(H,36,40). The number of hydrogen-bond acceptors (Lipinski definition) is 5. The number of para-hydroxylation sites is 1. The minimum absolute atomic E-state index is 0.137. The van der Waals surface area contributed by atoms with Crippen LogP contribution < -0.4 is 14.4 Å². The van der Waals surface area contributed by atoms with E-state index in [0.717, 1.165) is 33.7 Å². The van der Waals surface area contributed by atoms with Gasteiger partial charge < -0.3 is 15.0 Å². The van der Waals surface area contributed by atoms with Crippen LogP contribution in [0.25, 0.3) is 0 Å². The van der Waals surface area contributed by atoms with Gasteiger partial charge in [0, 0.05) is 19.5 Å². The summed E-state index contributed by atoms with van der Waals surface area (Å²) in [4.78, 5) is 29.3. The van der Waals surface area contributed by atoms with E-state index in [4.69, 9.17) is 4.74 Å². The molecule has 1 atom stereocenters. The third-order valence-electron chi connectivity index (χ3n) is 7.08. The molecule has 4 aromatic carbocycles. The number of ether oxygens (including phenoxy) is 1. The molecule has 0 fully saturated rings. The highest BCUT2D eigenvalue weighted by atomic mass is 32.2. The molecular weight excluding hydrogens is 574 g/mol. The second-order valence-electron chi connectivity index (χ2n) is 10.7. The molecule has 0 heterocycles. The molecule has 0 aliphatic heterocycles. The van der Waals surface area contributed by atoms with E-state index in [1.165, 1.54) is 4.90 Å². The molecule has 9 heteroatoms. The number of hydrogen-bond donors (Lipinski definition) is 1. The summed E-state index contributed by atoms with van der Waals surface area (Å²) in [6, 6.07) is 32.1. The second-order valence-corrected chi connectivity index (χ2v) is 12.6. The largest absolute Gasteiger partial charge is 0.457 e. The van der Waals surface area contributed by atoms with Crippen LogP contribution in [0.15, 0.2) is 109 Å². The fraction of sp³-hybridized carbons (Fsp3) is 0.257. The molecule has 0 aromatic heterocycles. The quantitative estimate of drug-likeness (QED) is 0.196. The Morgan fingerprint density at radius 2 is 1.39 bits per heavy atom. The van der Waals surface area contributed by atoms with Crippen LogP contribution in [0.5, 0.6) is 11.5 Å². The van der Waals surface area contributed by atoms with Gasteiger partial charge in [-0.1, -0.05) is 85.3 Å². The van der Waals surface area contributed by atoms with Crippen molar-refractivity contribution in [2.75, 3.05) is 23.7 Å². The van der Waals surface area contributed by atoms with E-state index in [0.29, 0.717) is 23.7 Å². The van der Waals surface area contributed by atoms with Crippen LogP contribution in [0.2, 0.25) is 0 Å². The molecule has 0 radical (unpaired) electrons. The second kappa shape index (κ2) is 15.2. The predicted molar refractivity (Wildman–Crippen MR) is 174 cm³/mol. The summed E-state index contributed by atoms with van der Waals surface area (Å²) in [6.07, 6.45) is 2.08. The Bertz CT molecular complexity index is 1610. The van der Waals surface area contributed by atoms with Crippen LogP contribution in [0.1, 0.15) is 30.0 Å². The van der Waals surface area contributed by atoms with Gasteiger partial charge in [0.25, 0.3) is 0 Å². The van der Waals surface area contributed by atoms with Gasteiger partial charge in [0.15, 0.2) is 0 Å². The fourth-order valence-corrected chi connectivity index (χ4v) is 5.58. The fourth-order valence-electron chi connectivity index (χ4n) is 4.73. The number of carbonyl (C=O) groups excluding carboxylic acids is 2. The molecule has 44 heavy (non-hydrogen) atoms. The molecule has 0 spiro atoms. The molecule has 0 saturated carbocycles. The average Bonchev–Trinajstić information content (AvgIpc) is 3.02. The number of benzene rings is 4. The van der Waals surface area contributed by atoms with Gasteiger partial charge in [-0.3, -0.25) is 13.9 Å². The van der Waals surface area contributed by atoms with Crippen LogP contribution in [0, 0.1) is 6.92 Å². The van der Waals surface area contributed by atoms with E-state index in [1.807, 2.05) is 98.8 Å². The molecule has 230 valence electrons. The number of aryl methyl sites for hydroxylation is 1. The van der Waals surface area contributed by atoms with E-state index in [-0.39, 0.29) is 18.9 Å². The molecule has 0 aliphatic rings. The van der Waals surface area contributed by atoms with Gasteiger partial charge in [-0.05, 0) is 60.9 Å². The van der Waals surface area contributed by atoms with Gasteiger partial charge in [0.2, 0.25) is 21.8 Å². The predicted octanol–water partition coefficient (Wildman–Crippen LogP) is 5.72. The number of anilines is 1. The summed E-state index contributed by atoms with van der Waals surface area (Å²) in [6.45, 7) is 4.06. The Kier molecular flexibility index (Phi) is 11.2. The van der Waals surface area contributed by atoms with Crippen molar-refractivity contribution in [2.24, 2.45) is 0 Å². The summed E-state index contributed by atoms with van der Waals surface area (Å²) in [5, 5.41) is 2.95. The summed E-state index contributed by atoms with van der Waals surface area (Å²) in [5.74, 6) is 0.391. The molecule has 8 nitrogen and oxygen atoms in total. The summed E-state index contributed by atoms with van der Waals surface area (Å²) < 4.78 is 33.0. The Labute approximate surface area is 260 Å². The lowest BCUT2D eigenvalue weighted by Crippen LogP contribution is -2.53. The average molecular weight is 614 g/mol. The van der Waals surface area contributed by atoms with Gasteiger partial charge in [0.1, 0.15) is 24.1 Å². The molecule has 4 aromatic rings. The van der Waals surface area contributed by atoms with Gasteiger partial charge >= 0.3 is 0 Å². The topological polar surface area (TPSA) is 96.0 Å². The van der Waals surface area contributed by atoms with Crippen LogP contribution in [-0.2, 0) is 32.6 Å². The minimum Gasteiger partial charge on any atom is -0.457 e. The maximum atomic E-state index is 14.2. The monoisotopic (exact) mass is 613 g/mol. The summed E-state index contributed by atoms with van der Waals surface area (Å²) in [5.41, 5.74) is 3.10. The van der Waals surface area contributed by atoms with Crippen molar-refractivity contribution in [2.45, 2.75) is 39.3 Å². The molecular formula is C35H39N3O5S. The first-order valence-electron chi connectivity index (χ1n) is 14.6. The zero-order valence-electron chi connectivity index (χ0n) is 25.3. The van der Waals surface area contributed by atoms with E-state index >= 15 is 0 Å². The van der Waals surface area contributed by atoms with Crippen molar-refractivity contribution in [3.05, 3.63) is 126 Å². The van der Waals surface area contributed by atoms with Crippen LogP contribution in [0.3, 0.4) is 0 Å². The van der Waals surface area contributed by atoms with Crippen LogP contribution >= 0.6 is 0 Å². The Morgan fingerprint density at radius 3 is 1.98 bits per heavy atom. The first-order valence-corrected chi connectivity index (χ1v) is 16.5. The third kappa shape index (κ3) is 9.18. The van der Waals surface area contributed by atoms with E-state index in [2.05, 4.69) is 5.32 Å². The van der Waals surface area contributed by atoms with Crippen LogP contribution in [-0.4, -0.2) is 50.5 Å². The van der Waals surface area contributed by atoms with E-state index < -0.39 is 28.5 Å². The smallest absolute Gasteiger partial charge is 0.244 e. The first-order chi connectivity index (χ1) is 21.1. The number of amides is 2. The molecule has 4 rings (SSSR count). The van der Waals surface area contributed by atoms with Crippen molar-refractivity contribution < 1.29 is 22.7 Å². The maximum absolute atomic E-state index is 14.2. The number of carbonyl (C=O) groups is 2. The zero-order valence-corrected chi connectivity index (χ0v) is 26.2. The van der Waals surface area contributed by atoms with Crippen molar-refractivity contribution in [3.8, 4) is 11.5 Å². The molecule has 2 amide bonds. The van der Waals surface area contributed by atoms with E-state index in [9.17, 15) is 18.0 Å². The lowest BCUT2D eigenvalue weighted by Gasteiger charge is -2.33. The first kappa shape index (κ1) is 32.3. The summed E-state index contributed by atoms with van der Waals surface area (Å²) in [7, 11) is -3.87. The van der Waals surface area contributed by atoms with Crippen molar-refractivity contribution in [3.63, 3.8) is 0 Å². The van der Waals surface area contributed by atoms with Gasteiger partial charge in [-0.2, -0.15) is 0 Å². The lowest BCUT2D eigenvalue weighted by atomic mass is 10.0. The highest BCUT2D eigenvalue weighted by molar-refractivity contribution is 7.92. The molecule has 1 unspecified atom stereocenters. The van der Waals surface area contributed by atoms with Crippen molar-refractivity contribution >= 4 is 27.5 Å². The Morgan fingerprint density at radius 1 is 0.795 bits per heavy atom. The third-order valence-corrected chi connectivity index (χ3v) is 8.22. The van der Waals surface area contributed by atoms with Gasteiger partial charge in [-0.25, -0.2) is 8.42 Å². The number of rotatable bonds is 14. The molecule has 0 bridgehead atoms. The maximum Gasteiger partial charge on any atom is 0.244 e. The molecule has 0 saturated heterocycles. The number of nitrogens with zero attached hydrogens (tertiary/aromatic N) is 2. The zero-order chi connectivity index (χ0) is 31.5. The molecule has 0 aliphatic carbocycles. The lowest BCUT2D eigenvalue weighted by molar-refractivity contribution is -0.140. The minimum atomic E-state index is -3.87.